The molecule has 26 heavy (non-hydrogen) atoms. The molecular formula is C20H20N2O4. The van der Waals surface area contributed by atoms with Crippen molar-refractivity contribution in [2.45, 2.75) is 25.3 Å². The van der Waals surface area contributed by atoms with Gasteiger partial charge >= 0.3 is 5.97 Å². The number of rotatable bonds is 5. The summed E-state index contributed by atoms with van der Waals surface area (Å²) in [7, 11) is 0. The summed E-state index contributed by atoms with van der Waals surface area (Å²) in [6.07, 6.45) is 2.16. The van der Waals surface area contributed by atoms with Gasteiger partial charge in [0.25, 0.3) is 5.91 Å². The number of hydrogen-bond acceptors (Lipinski definition) is 3. The summed E-state index contributed by atoms with van der Waals surface area (Å²) in [5, 5.41) is 11.8. The third-order valence-electron chi connectivity index (χ3n) is 4.43. The van der Waals surface area contributed by atoms with Gasteiger partial charge in [-0.1, -0.05) is 30.3 Å². The lowest BCUT2D eigenvalue weighted by Gasteiger charge is -2.34. The Balaban J connectivity index is 1.85. The topological polar surface area (TPSA) is 86.7 Å². The number of piperidine rings is 1. The van der Waals surface area contributed by atoms with Gasteiger partial charge in [-0.25, -0.2) is 4.79 Å². The van der Waals surface area contributed by atoms with Crippen molar-refractivity contribution in [1.29, 1.82) is 0 Å². The predicted molar refractivity (Wildman–Crippen MR) is 96.8 cm³/mol. The van der Waals surface area contributed by atoms with Crippen LogP contribution < -0.4 is 5.32 Å². The fourth-order valence-corrected chi connectivity index (χ4v) is 3.11. The number of nitrogens with one attached hydrogen (secondary N) is 1. The van der Waals surface area contributed by atoms with Gasteiger partial charge in [-0.2, -0.15) is 0 Å². The molecule has 1 heterocycles. The van der Waals surface area contributed by atoms with E-state index in [0.29, 0.717) is 18.7 Å². The Morgan fingerprint density at radius 3 is 2.31 bits per heavy atom. The van der Waals surface area contributed by atoms with E-state index in [2.05, 4.69) is 5.32 Å². The number of likely N-dealkylation sites (tertiary alicyclic amines) is 1. The molecular weight excluding hydrogens is 332 g/mol. The lowest BCUT2D eigenvalue weighted by atomic mass is 10.0. The second-order valence-electron chi connectivity index (χ2n) is 6.23. The smallest absolute Gasteiger partial charge is 0.335 e. The highest BCUT2D eigenvalue weighted by Crippen LogP contribution is 2.27. The number of carboxylic acids is 1. The maximum Gasteiger partial charge on any atom is 0.335 e. The number of benzene rings is 2. The van der Waals surface area contributed by atoms with E-state index < -0.39 is 12.0 Å². The molecule has 6 heteroatoms. The number of carbonyl (C=O) groups is 3. The Kier molecular flexibility index (Phi) is 5.31. The van der Waals surface area contributed by atoms with Gasteiger partial charge in [-0.05, 0) is 42.7 Å². The predicted octanol–water partition coefficient (Wildman–Crippen LogP) is 3.08. The third-order valence-corrected chi connectivity index (χ3v) is 4.43. The van der Waals surface area contributed by atoms with Crippen molar-refractivity contribution in [2.75, 3.05) is 11.9 Å². The van der Waals surface area contributed by atoms with E-state index in [4.69, 9.17) is 5.11 Å². The van der Waals surface area contributed by atoms with Crippen molar-refractivity contribution in [3.05, 3.63) is 65.7 Å². The maximum absolute atomic E-state index is 13.0. The van der Waals surface area contributed by atoms with Crippen LogP contribution in [0.4, 0.5) is 5.69 Å². The minimum atomic E-state index is -1.02. The Morgan fingerprint density at radius 1 is 1.00 bits per heavy atom. The number of hydrogen-bond donors (Lipinski definition) is 2. The van der Waals surface area contributed by atoms with Crippen LogP contribution in [0, 0.1) is 0 Å². The van der Waals surface area contributed by atoms with Crippen molar-refractivity contribution in [3.63, 3.8) is 0 Å². The molecule has 1 aliphatic rings. The van der Waals surface area contributed by atoms with Crippen molar-refractivity contribution < 1.29 is 19.5 Å². The summed E-state index contributed by atoms with van der Waals surface area (Å²) in [5.41, 5.74) is 1.39. The van der Waals surface area contributed by atoms with Crippen LogP contribution >= 0.6 is 0 Å². The highest BCUT2D eigenvalue weighted by atomic mass is 16.4. The zero-order valence-electron chi connectivity index (χ0n) is 14.2. The third kappa shape index (κ3) is 3.91. The Labute approximate surface area is 151 Å². The lowest BCUT2D eigenvalue weighted by molar-refractivity contribution is -0.141. The molecule has 0 bridgehead atoms. The zero-order valence-corrected chi connectivity index (χ0v) is 14.2. The average molecular weight is 352 g/mol. The Hall–Kier alpha value is -3.15. The monoisotopic (exact) mass is 352 g/mol. The van der Waals surface area contributed by atoms with Gasteiger partial charge in [0.05, 0.1) is 5.56 Å². The summed E-state index contributed by atoms with van der Waals surface area (Å²) in [6.45, 7) is 0.545. The number of amides is 2. The van der Waals surface area contributed by atoms with E-state index in [0.717, 1.165) is 18.4 Å². The molecule has 1 unspecified atom stereocenters. The first kappa shape index (κ1) is 17.7. The van der Waals surface area contributed by atoms with Crippen molar-refractivity contribution in [2.24, 2.45) is 0 Å². The Morgan fingerprint density at radius 2 is 1.69 bits per heavy atom. The SMILES string of the molecule is O=C(O)c1ccc(NC(=O)C(c2ccccc2)N2CCCCC2=O)cc1. The maximum atomic E-state index is 13.0. The van der Waals surface area contributed by atoms with E-state index in [1.54, 1.807) is 17.0 Å². The molecule has 2 aromatic rings. The quantitative estimate of drug-likeness (QED) is 0.866. The highest BCUT2D eigenvalue weighted by molar-refractivity contribution is 5.98. The molecule has 0 aliphatic carbocycles. The summed E-state index contributed by atoms with van der Waals surface area (Å²) >= 11 is 0. The van der Waals surface area contributed by atoms with Crippen LogP contribution in [0.25, 0.3) is 0 Å². The molecule has 0 aromatic heterocycles. The zero-order chi connectivity index (χ0) is 18.5. The molecule has 1 saturated heterocycles. The highest BCUT2D eigenvalue weighted by Gasteiger charge is 2.32. The molecule has 2 aromatic carbocycles. The average Bonchev–Trinajstić information content (AvgIpc) is 2.65. The van der Waals surface area contributed by atoms with Gasteiger partial charge in [0.2, 0.25) is 5.91 Å². The molecule has 6 nitrogen and oxygen atoms in total. The fraction of sp³-hybridized carbons (Fsp3) is 0.250. The minimum absolute atomic E-state index is 0.0264. The van der Waals surface area contributed by atoms with Crippen LogP contribution in [-0.4, -0.2) is 34.3 Å². The number of nitrogens with zero attached hydrogens (tertiary/aromatic N) is 1. The summed E-state index contributed by atoms with van der Waals surface area (Å²) < 4.78 is 0. The molecule has 134 valence electrons. The first-order chi connectivity index (χ1) is 12.6. The van der Waals surface area contributed by atoms with Gasteiger partial charge in [-0.15, -0.1) is 0 Å². The number of carboxylic acid groups (broad SMARTS) is 1. The van der Waals surface area contributed by atoms with Crippen LogP contribution in [0.15, 0.2) is 54.6 Å². The van der Waals surface area contributed by atoms with Gasteiger partial charge in [0.1, 0.15) is 6.04 Å². The van der Waals surface area contributed by atoms with Gasteiger partial charge in [-0.3, -0.25) is 9.59 Å². The minimum Gasteiger partial charge on any atom is -0.478 e. The van der Waals surface area contributed by atoms with Gasteiger partial charge in [0.15, 0.2) is 0 Å². The molecule has 2 N–H and O–H groups in total. The van der Waals surface area contributed by atoms with Crippen molar-refractivity contribution in [3.8, 4) is 0 Å². The molecule has 2 amide bonds. The fourth-order valence-electron chi connectivity index (χ4n) is 3.11. The molecule has 0 radical (unpaired) electrons. The van der Waals surface area contributed by atoms with Gasteiger partial charge in [0, 0.05) is 18.7 Å². The first-order valence-corrected chi connectivity index (χ1v) is 8.55. The van der Waals surface area contributed by atoms with Gasteiger partial charge < -0.3 is 15.3 Å². The van der Waals surface area contributed by atoms with E-state index in [1.807, 2.05) is 30.3 Å². The second-order valence-corrected chi connectivity index (χ2v) is 6.23. The summed E-state index contributed by atoms with van der Waals surface area (Å²) in [6, 6.07) is 14.5. The summed E-state index contributed by atoms with van der Waals surface area (Å²) in [4.78, 5) is 37.9. The number of carbonyl (C=O) groups excluding carboxylic acids is 2. The second kappa shape index (κ2) is 7.82. The molecule has 0 spiro atoms. The number of aromatic carboxylic acids is 1. The van der Waals surface area contributed by atoms with E-state index >= 15 is 0 Å². The van der Waals surface area contributed by atoms with Crippen LogP contribution in [0.2, 0.25) is 0 Å². The molecule has 1 fully saturated rings. The lowest BCUT2D eigenvalue weighted by Crippen LogP contribution is -2.43. The molecule has 0 saturated carbocycles. The molecule has 1 atom stereocenters. The van der Waals surface area contributed by atoms with E-state index in [9.17, 15) is 14.4 Å². The number of anilines is 1. The van der Waals surface area contributed by atoms with E-state index in [-0.39, 0.29) is 17.4 Å². The summed E-state index contributed by atoms with van der Waals surface area (Å²) in [5.74, 6) is -1.36. The van der Waals surface area contributed by atoms with Crippen LogP contribution in [0.1, 0.15) is 41.2 Å². The van der Waals surface area contributed by atoms with Crippen molar-refractivity contribution in [1.82, 2.24) is 4.90 Å². The van der Waals surface area contributed by atoms with Crippen LogP contribution in [0.5, 0.6) is 0 Å². The first-order valence-electron chi connectivity index (χ1n) is 8.55. The normalized spacial score (nSPS) is 15.4. The van der Waals surface area contributed by atoms with Crippen LogP contribution in [-0.2, 0) is 9.59 Å². The largest absolute Gasteiger partial charge is 0.478 e. The Bertz CT molecular complexity index is 802. The van der Waals surface area contributed by atoms with Crippen molar-refractivity contribution >= 4 is 23.5 Å². The molecule has 1 aliphatic heterocycles. The molecule has 3 rings (SSSR count). The van der Waals surface area contributed by atoms with Crippen LogP contribution in [0.3, 0.4) is 0 Å². The standard InChI is InChI=1S/C20H20N2O4/c23-17-8-4-5-13-22(17)18(14-6-2-1-3-7-14)19(24)21-16-11-9-15(10-12-16)20(25)26/h1-3,6-7,9-12,18H,4-5,8,13H2,(H,21,24)(H,25,26). The van der Waals surface area contributed by atoms with E-state index in [1.165, 1.54) is 12.1 Å².